The average molecular weight is 187 g/mol. The van der Waals surface area contributed by atoms with Gasteiger partial charge in [0.25, 0.3) is 5.24 Å². The van der Waals surface area contributed by atoms with Gasteiger partial charge < -0.3 is 5.32 Å². The second-order valence-electron chi connectivity index (χ2n) is 3.20. The molecule has 0 aromatic carbocycles. The second kappa shape index (κ2) is 5.46. The highest BCUT2D eigenvalue weighted by Gasteiger charge is 2.16. The summed E-state index contributed by atoms with van der Waals surface area (Å²) in [6.07, 6.45) is 6.41. The lowest BCUT2D eigenvalue weighted by Gasteiger charge is -2.19. The maximum absolute atomic E-state index is 11.2. The molecule has 1 aliphatic rings. The van der Waals surface area contributed by atoms with Crippen LogP contribution >= 0.6 is 11.8 Å². The minimum Gasteiger partial charge on any atom is -0.347 e. The van der Waals surface area contributed by atoms with Gasteiger partial charge in [-0.2, -0.15) is 0 Å². The molecule has 0 aromatic rings. The molecule has 3 heteroatoms. The van der Waals surface area contributed by atoms with Crippen molar-refractivity contribution in [2.75, 3.05) is 6.54 Å². The molecule has 1 rings (SSSR count). The van der Waals surface area contributed by atoms with Crippen LogP contribution in [0.15, 0.2) is 0 Å². The molecule has 2 nitrogen and oxygen atoms in total. The standard InChI is InChI=1S/C9H17NOS/c1-2-10-9(11)12-8-6-4-3-5-7-8/h8H,2-7H2,1H3,(H,10,11). The Hall–Kier alpha value is -0.180. The summed E-state index contributed by atoms with van der Waals surface area (Å²) >= 11 is 1.50. The fraction of sp³-hybridized carbons (Fsp3) is 0.889. The van der Waals surface area contributed by atoms with E-state index in [9.17, 15) is 4.79 Å². The van der Waals surface area contributed by atoms with E-state index in [1.165, 1.54) is 43.9 Å². The first-order valence-corrected chi connectivity index (χ1v) is 5.65. The number of nitrogens with one attached hydrogen (secondary N) is 1. The van der Waals surface area contributed by atoms with Crippen LogP contribution < -0.4 is 5.32 Å². The van der Waals surface area contributed by atoms with Crippen molar-refractivity contribution in [3.05, 3.63) is 0 Å². The van der Waals surface area contributed by atoms with Crippen molar-refractivity contribution < 1.29 is 4.79 Å². The van der Waals surface area contributed by atoms with Crippen LogP contribution in [-0.2, 0) is 0 Å². The SMILES string of the molecule is CCNC(=O)SC1CCCCC1. The molecule has 0 aliphatic heterocycles. The fourth-order valence-corrected chi connectivity index (χ4v) is 2.62. The first-order valence-electron chi connectivity index (χ1n) is 4.77. The number of amides is 1. The molecule has 0 spiro atoms. The van der Waals surface area contributed by atoms with Crippen LogP contribution in [0, 0.1) is 0 Å². The van der Waals surface area contributed by atoms with E-state index in [2.05, 4.69) is 5.32 Å². The summed E-state index contributed by atoms with van der Waals surface area (Å²) in [5.74, 6) is 0. The van der Waals surface area contributed by atoms with E-state index in [1.807, 2.05) is 6.92 Å². The van der Waals surface area contributed by atoms with Gasteiger partial charge in [0.15, 0.2) is 0 Å². The Balaban J connectivity index is 2.15. The Morgan fingerprint density at radius 3 is 2.67 bits per heavy atom. The minimum atomic E-state index is 0.157. The number of carbonyl (C=O) groups excluding carboxylic acids is 1. The predicted molar refractivity (Wildman–Crippen MR) is 53.5 cm³/mol. The van der Waals surface area contributed by atoms with Gasteiger partial charge in [-0.05, 0) is 19.8 Å². The van der Waals surface area contributed by atoms with Crippen LogP contribution in [0.2, 0.25) is 0 Å². The molecular formula is C9H17NOS. The predicted octanol–water partition coefficient (Wildman–Crippen LogP) is 2.78. The van der Waals surface area contributed by atoms with Gasteiger partial charge in [-0.3, -0.25) is 4.79 Å². The van der Waals surface area contributed by atoms with Crippen molar-refractivity contribution in [2.45, 2.75) is 44.3 Å². The Labute approximate surface area is 78.5 Å². The van der Waals surface area contributed by atoms with E-state index in [1.54, 1.807) is 0 Å². The first kappa shape index (κ1) is 9.90. The second-order valence-corrected chi connectivity index (χ2v) is 4.47. The van der Waals surface area contributed by atoms with Gasteiger partial charge in [0.1, 0.15) is 0 Å². The third kappa shape index (κ3) is 3.48. The molecule has 0 saturated heterocycles. The Kier molecular flexibility index (Phi) is 4.51. The molecule has 1 N–H and O–H groups in total. The Morgan fingerprint density at radius 2 is 2.08 bits per heavy atom. The molecule has 0 unspecified atom stereocenters. The summed E-state index contributed by atoms with van der Waals surface area (Å²) in [5, 5.41) is 3.56. The van der Waals surface area contributed by atoms with Crippen LogP contribution in [0.4, 0.5) is 4.79 Å². The van der Waals surface area contributed by atoms with Crippen molar-refractivity contribution in [1.82, 2.24) is 5.32 Å². The van der Waals surface area contributed by atoms with Crippen molar-refractivity contribution in [3.8, 4) is 0 Å². The number of thioether (sulfide) groups is 1. The maximum atomic E-state index is 11.2. The summed E-state index contributed by atoms with van der Waals surface area (Å²) in [5.41, 5.74) is 0. The molecule has 0 bridgehead atoms. The van der Waals surface area contributed by atoms with E-state index in [4.69, 9.17) is 0 Å². The molecule has 0 aromatic heterocycles. The number of hydrogen-bond acceptors (Lipinski definition) is 2. The van der Waals surface area contributed by atoms with Gasteiger partial charge >= 0.3 is 0 Å². The lowest BCUT2D eigenvalue weighted by atomic mass is 10.0. The highest BCUT2D eigenvalue weighted by atomic mass is 32.2. The topological polar surface area (TPSA) is 29.1 Å². The van der Waals surface area contributed by atoms with Crippen LogP contribution in [-0.4, -0.2) is 17.0 Å². The van der Waals surface area contributed by atoms with Gasteiger partial charge in [-0.15, -0.1) is 0 Å². The third-order valence-corrected chi connectivity index (χ3v) is 3.31. The zero-order valence-corrected chi connectivity index (χ0v) is 8.45. The highest BCUT2D eigenvalue weighted by molar-refractivity contribution is 8.14. The van der Waals surface area contributed by atoms with Crippen LogP contribution in [0.3, 0.4) is 0 Å². The van der Waals surface area contributed by atoms with Gasteiger partial charge in [-0.1, -0.05) is 31.0 Å². The normalized spacial score (nSPS) is 19.1. The monoisotopic (exact) mass is 187 g/mol. The zero-order valence-electron chi connectivity index (χ0n) is 7.64. The lowest BCUT2D eigenvalue weighted by molar-refractivity contribution is 0.261. The molecule has 12 heavy (non-hydrogen) atoms. The van der Waals surface area contributed by atoms with E-state index in [-0.39, 0.29) is 5.24 Å². The lowest BCUT2D eigenvalue weighted by Crippen LogP contribution is -2.21. The molecule has 0 heterocycles. The molecule has 1 amide bonds. The van der Waals surface area contributed by atoms with Gasteiger partial charge in [0.2, 0.25) is 0 Å². The molecule has 1 aliphatic carbocycles. The van der Waals surface area contributed by atoms with Crippen molar-refractivity contribution >= 4 is 17.0 Å². The van der Waals surface area contributed by atoms with E-state index >= 15 is 0 Å². The fourth-order valence-electron chi connectivity index (χ4n) is 1.52. The van der Waals surface area contributed by atoms with E-state index < -0.39 is 0 Å². The summed E-state index contributed by atoms with van der Waals surface area (Å²) in [4.78, 5) is 11.2. The quantitative estimate of drug-likeness (QED) is 0.720. The average Bonchev–Trinajstić information content (AvgIpc) is 2.06. The minimum absolute atomic E-state index is 0.157. The van der Waals surface area contributed by atoms with Gasteiger partial charge in [0.05, 0.1) is 0 Å². The van der Waals surface area contributed by atoms with Crippen LogP contribution in [0.5, 0.6) is 0 Å². The van der Waals surface area contributed by atoms with Gasteiger partial charge in [0, 0.05) is 11.8 Å². The third-order valence-electron chi connectivity index (χ3n) is 2.15. The van der Waals surface area contributed by atoms with Crippen LogP contribution in [0.1, 0.15) is 39.0 Å². The molecule has 70 valence electrons. The summed E-state index contributed by atoms with van der Waals surface area (Å²) in [6, 6.07) is 0. The molecule has 0 atom stereocenters. The van der Waals surface area contributed by atoms with E-state index in [0.717, 1.165) is 6.54 Å². The number of hydrogen-bond donors (Lipinski definition) is 1. The largest absolute Gasteiger partial charge is 0.347 e. The van der Waals surface area contributed by atoms with Crippen molar-refractivity contribution in [1.29, 1.82) is 0 Å². The number of carbonyl (C=O) groups is 1. The van der Waals surface area contributed by atoms with Crippen molar-refractivity contribution in [3.63, 3.8) is 0 Å². The molecule has 0 radical (unpaired) electrons. The van der Waals surface area contributed by atoms with Gasteiger partial charge in [-0.25, -0.2) is 0 Å². The summed E-state index contributed by atoms with van der Waals surface area (Å²) in [7, 11) is 0. The summed E-state index contributed by atoms with van der Waals surface area (Å²) < 4.78 is 0. The smallest absolute Gasteiger partial charge is 0.279 e. The Morgan fingerprint density at radius 1 is 1.42 bits per heavy atom. The highest BCUT2D eigenvalue weighted by Crippen LogP contribution is 2.28. The molecular weight excluding hydrogens is 170 g/mol. The first-order chi connectivity index (χ1) is 5.83. The molecule has 1 fully saturated rings. The van der Waals surface area contributed by atoms with Crippen molar-refractivity contribution in [2.24, 2.45) is 0 Å². The summed E-state index contributed by atoms with van der Waals surface area (Å²) in [6.45, 7) is 2.71. The zero-order chi connectivity index (χ0) is 8.81. The number of rotatable bonds is 2. The van der Waals surface area contributed by atoms with Crippen LogP contribution in [0.25, 0.3) is 0 Å². The Bertz CT molecular complexity index is 143. The van der Waals surface area contributed by atoms with E-state index in [0.29, 0.717) is 5.25 Å². The maximum Gasteiger partial charge on any atom is 0.279 e. The molecule has 1 saturated carbocycles.